The lowest BCUT2D eigenvalue weighted by Gasteiger charge is -2.19. The normalized spacial score (nSPS) is 12.5. The van der Waals surface area contributed by atoms with Crippen molar-refractivity contribution in [1.29, 1.82) is 0 Å². The topological polar surface area (TPSA) is 68.3 Å². The highest BCUT2D eigenvalue weighted by molar-refractivity contribution is 5.75. The molecule has 1 atom stereocenters. The molecule has 0 aromatic heterocycles. The number of methoxy groups -OCH3 is 1. The number of carbonyl (C=O) groups excluding carboxylic acids is 2. The van der Waals surface area contributed by atoms with Crippen LogP contribution in [0.3, 0.4) is 0 Å². The number of likely N-dealkylation sites (N-methyl/N-ethyl adjacent to an activating group) is 2. The van der Waals surface area contributed by atoms with Gasteiger partial charge in [-0.25, -0.2) is 4.79 Å². The molecule has 0 saturated heterocycles. The van der Waals surface area contributed by atoms with Crippen LogP contribution in [0, 0.1) is 0 Å². The Balaban J connectivity index is 3.75. The molecule has 0 aliphatic carbocycles. The largest absolute Gasteiger partial charge is 0.466 e. The standard InChI is InChI=1S/C12H24N2O5/c1-13(2)5-6-14(3)7-8-18-9-11(19-10-15)12(16)17-4/h10-11H,5-9H2,1-4H3. The van der Waals surface area contributed by atoms with E-state index < -0.39 is 12.1 Å². The maximum Gasteiger partial charge on any atom is 0.349 e. The van der Waals surface area contributed by atoms with Gasteiger partial charge in [-0.3, -0.25) is 4.79 Å². The number of nitrogens with zero attached hydrogens (tertiary/aromatic N) is 2. The Morgan fingerprint density at radius 1 is 1.21 bits per heavy atom. The van der Waals surface area contributed by atoms with E-state index in [0.717, 1.165) is 19.6 Å². The van der Waals surface area contributed by atoms with Gasteiger partial charge in [0.2, 0.25) is 6.10 Å². The lowest BCUT2D eigenvalue weighted by Crippen LogP contribution is -2.33. The molecule has 0 amide bonds. The highest BCUT2D eigenvalue weighted by atomic mass is 16.6. The van der Waals surface area contributed by atoms with Crippen molar-refractivity contribution in [2.45, 2.75) is 6.10 Å². The molecular weight excluding hydrogens is 252 g/mol. The summed E-state index contributed by atoms with van der Waals surface area (Å²) in [5.74, 6) is -0.618. The Kier molecular flexibility index (Phi) is 10.1. The molecule has 0 rings (SSSR count). The second-order valence-corrected chi connectivity index (χ2v) is 4.43. The van der Waals surface area contributed by atoms with E-state index in [1.165, 1.54) is 7.11 Å². The third-order valence-electron chi connectivity index (χ3n) is 2.50. The van der Waals surface area contributed by atoms with E-state index in [9.17, 15) is 9.59 Å². The SMILES string of the molecule is COC(=O)C(COCCN(C)CCN(C)C)OC=O. The van der Waals surface area contributed by atoms with Gasteiger partial charge in [0.1, 0.15) is 0 Å². The van der Waals surface area contributed by atoms with Gasteiger partial charge in [-0.05, 0) is 21.1 Å². The number of hydrogen-bond donors (Lipinski definition) is 0. The molecule has 0 N–H and O–H groups in total. The van der Waals surface area contributed by atoms with Crippen LogP contribution in [0.2, 0.25) is 0 Å². The molecule has 7 heteroatoms. The van der Waals surface area contributed by atoms with Crippen molar-refractivity contribution >= 4 is 12.4 Å². The molecular formula is C12H24N2O5. The molecule has 112 valence electrons. The molecule has 0 spiro atoms. The average Bonchev–Trinajstić information content (AvgIpc) is 2.39. The molecule has 0 aliphatic rings. The van der Waals surface area contributed by atoms with Crippen molar-refractivity contribution < 1.29 is 23.8 Å². The van der Waals surface area contributed by atoms with Gasteiger partial charge in [0, 0.05) is 19.6 Å². The molecule has 0 heterocycles. The van der Waals surface area contributed by atoms with Gasteiger partial charge in [-0.15, -0.1) is 0 Å². The second-order valence-electron chi connectivity index (χ2n) is 4.43. The van der Waals surface area contributed by atoms with E-state index >= 15 is 0 Å². The zero-order valence-electron chi connectivity index (χ0n) is 12.1. The van der Waals surface area contributed by atoms with E-state index in [2.05, 4.69) is 19.3 Å². The van der Waals surface area contributed by atoms with Gasteiger partial charge in [0.15, 0.2) is 0 Å². The van der Waals surface area contributed by atoms with Crippen molar-refractivity contribution in [2.75, 3.05) is 61.1 Å². The fourth-order valence-electron chi connectivity index (χ4n) is 1.25. The van der Waals surface area contributed by atoms with E-state index in [1.54, 1.807) is 0 Å². The monoisotopic (exact) mass is 276 g/mol. The summed E-state index contributed by atoms with van der Waals surface area (Å²) in [5, 5.41) is 0. The maximum atomic E-state index is 11.2. The second kappa shape index (κ2) is 10.7. The first-order valence-electron chi connectivity index (χ1n) is 6.09. The summed E-state index contributed by atoms with van der Waals surface area (Å²) < 4.78 is 14.4. The van der Waals surface area contributed by atoms with Gasteiger partial charge >= 0.3 is 5.97 Å². The highest BCUT2D eigenvalue weighted by Crippen LogP contribution is 1.95. The Labute approximate surface area is 114 Å². The van der Waals surface area contributed by atoms with Gasteiger partial charge in [0.25, 0.3) is 6.47 Å². The number of hydrogen-bond acceptors (Lipinski definition) is 7. The van der Waals surface area contributed by atoms with Crippen LogP contribution < -0.4 is 0 Å². The van der Waals surface area contributed by atoms with Crippen LogP contribution in [0.1, 0.15) is 0 Å². The van der Waals surface area contributed by atoms with Crippen LogP contribution in [0.25, 0.3) is 0 Å². The summed E-state index contributed by atoms with van der Waals surface area (Å²) >= 11 is 0. The quantitative estimate of drug-likeness (QED) is 0.278. The molecule has 19 heavy (non-hydrogen) atoms. The third kappa shape index (κ3) is 9.40. The maximum absolute atomic E-state index is 11.2. The van der Waals surface area contributed by atoms with E-state index in [4.69, 9.17) is 4.74 Å². The Bertz CT molecular complexity index is 261. The molecule has 0 radical (unpaired) electrons. The number of rotatable bonds is 11. The summed E-state index contributed by atoms with van der Waals surface area (Å²) in [6.07, 6.45) is -0.991. The molecule has 0 aromatic rings. The minimum Gasteiger partial charge on any atom is -0.466 e. The predicted molar refractivity (Wildman–Crippen MR) is 69.8 cm³/mol. The summed E-state index contributed by atoms with van der Waals surface area (Å²) in [4.78, 5) is 25.7. The van der Waals surface area contributed by atoms with Crippen LogP contribution in [0.5, 0.6) is 0 Å². The summed E-state index contributed by atoms with van der Waals surface area (Å²) in [7, 11) is 7.26. The fourth-order valence-corrected chi connectivity index (χ4v) is 1.25. The van der Waals surface area contributed by atoms with Crippen molar-refractivity contribution in [3.63, 3.8) is 0 Å². The Hall–Kier alpha value is -1.18. The van der Waals surface area contributed by atoms with Crippen LogP contribution in [0.4, 0.5) is 0 Å². The van der Waals surface area contributed by atoms with Crippen LogP contribution in [-0.4, -0.2) is 89.4 Å². The minimum atomic E-state index is -0.991. The molecule has 1 unspecified atom stereocenters. The zero-order chi connectivity index (χ0) is 14.7. The smallest absolute Gasteiger partial charge is 0.349 e. The number of carbonyl (C=O) groups is 2. The minimum absolute atomic E-state index is 0.00688. The van der Waals surface area contributed by atoms with Gasteiger partial charge in [-0.2, -0.15) is 0 Å². The molecule has 7 nitrogen and oxygen atoms in total. The summed E-state index contributed by atoms with van der Waals surface area (Å²) in [6.45, 7) is 3.32. The van der Waals surface area contributed by atoms with Gasteiger partial charge in [0.05, 0.1) is 20.3 Å². The van der Waals surface area contributed by atoms with Crippen molar-refractivity contribution in [3.05, 3.63) is 0 Å². The van der Waals surface area contributed by atoms with Gasteiger partial charge < -0.3 is 24.0 Å². The van der Waals surface area contributed by atoms with Crippen LogP contribution in [0.15, 0.2) is 0 Å². The van der Waals surface area contributed by atoms with Crippen LogP contribution in [-0.2, 0) is 23.8 Å². The molecule has 0 aliphatic heterocycles. The van der Waals surface area contributed by atoms with E-state index in [-0.39, 0.29) is 13.1 Å². The van der Waals surface area contributed by atoms with E-state index in [0.29, 0.717) is 6.61 Å². The first-order chi connectivity index (χ1) is 9.01. The van der Waals surface area contributed by atoms with Crippen LogP contribution >= 0.6 is 0 Å². The fraction of sp³-hybridized carbons (Fsp3) is 0.833. The Morgan fingerprint density at radius 2 is 1.89 bits per heavy atom. The highest BCUT2D eigenvalue weighted by Gasteiger charge is 2.20. The lowest BCUT2D eigenvalue weighted by atomic mass is 10.4. The molecule has 0 aromatic carbocycles. The van der Waals surface area contributed by atoms with Crippen molar-refractivity contribution in [3.8, 4) is 0 Å². The third-order valence-corrected chi connectivity index (χ3v) is 2.50. The Morgan fingerprint density at radius 3 is 2.42 bits per heavy atom. The summed E-state index contributed by atoms with van der Waals surface area (Å²) in [5.41, 5.74) is 0. The first-order valence-corrected chi connectivity index (χ1v) is 6.09. The lowest BCUT2D eigenvalue weighted by molar-refractivity contribution is -0.163. The molecule has 0 bridgehead atoms. The first kappa shape index (κ1) is 17.8. The number of esters is 1. The zero-order valence-corrected chi connectivity index (χ0v) is 12.1. The average molecular weight is 276 g/mol. The van der Waals surface area contributed by atoms with E-state index in [1.807, 2.05) is 21.1 Å². The molecule has 0 fully saturated rings. The van der Waals surface area contributed by atoms with Crippen molar-refractivity contribution in [1.82, 2.24) is 9.80 Å². The van der Waals surface area contributed by atoms with Gasteiger partial charge in [-0.1, -0.05) is 0 Å². The number of ether oxygens (including phenoxy) is 3. The molecule has 0 saturated carbocycles. The summed E-state index contributed by atoms with van der Waals surface area (Å²) in [6, 6.07) is 0. The predicted octanol–water partition coefficient (Wildman–Crippen LogP) is -0.789. The van der Waals surface area contributed by atoms with Crippen molar-refractivity contribution in [2.24, 2.45) is 0 Å².